The standard InChI is InChI=1S/C24H21BrFN3O5S/c1-4-35(32,33)28-19-11-20-17(10-16(19)14-9-18(25)24(31)29(3)12-14)21(23(30)27-2)22(34-20)13-5-7-15(26)8-6-13/h5-12,28H,4H2,1-3H3,(H,27,30). The van der Waals surface area contributed by atoms with Gasteiger partial charge in [0.15, 0.2) is 0 Å². The molecule has 2 heterocycles. The zero-order valence-corrected chi connectivity index (χ0v) is 21.4. The molecule has 2 N–H and O–H groups in total. The highest BCUT2D eigenvalue weighted by atomic mass is 79.9. The average molecular weight is 562 g/mol. The Balaban J connectivity index is 2.08. The van der Waals surface area contributed by atoms with Crippen LogP contribution in [0.1, 0.15) is 17.3 Å². The Morgan fingerprint density at radius 1 is 1.14 bits per heavy atom. The lowest BCUT2D eigenvalue weighted by Crippen LogP contribution is -2.18. The molecule has 0 spiro atoms. The van der Waals surface area contributed by atoms with E-state index in [1.54, 1.807) is 25.4 Å². The summed E-state index contributed by atoms with van der Waals surface area (Å²) in [7, 11) is -0.623. The number of rotatable bonds is 6. The number of nitrogens with zero attached hydrogens (tertiary/aromatic N) is 1. The fourth-order valence-corrected chi connectivity index (χ4v) is 4.85. The molecular weight excluding hydrogens is 541 g/mol. The van der Waals surface area contributed by atoms with Crippen LogP contribution in [0.3, 0.4) is 0 Å². The number of pyridine rings is 1. The quantitative estimate of drug-likeness (QED) is 0.360. The molecule has 0 saturated carbocycles. The first-order valence-electron chi connectivity index (χ1n) is 10.5. The maximum atomic E-state index is 13.5. The van der Waals surface area contributed by atoms with E-state index in [-0.39, 0.29) is 38.4 Å². The van der Waals surface area contributed by atoms with Gasteiger partial charge in [-0.1, -0.05) is 0 Å². The molecule has 0 aliphatic heterocycles. The number of anilines is 1. The molecule has 1 amide bonds. The molecule has 182 valence electrons. The summed E-state index contributed by atoms with van der Waals surface area (Å²) in [5.41, 5.74) is 1.85. The molecule has 2 aromatic carbocycles. The number of halogens is 2. The summed E-state index contributed by atoms with van der Waals surface area (Å²) in [5.74, 6) is -0.825. The number of amides is 1. The third-order valence-corrected chi connectivity index (χ3v) is 7.34. The van der Waals surface area contributed by atoms with E-state index in [4.69, 9.17) is 4.42 Å². The number of nitrogens with one attached hydrogen (secondary N) is 2. The SMILES string of the molecule is CCS(=O)(=O)Nc1cc2oc(-c3ccc(F)cc3)c(C(=O)NC)c2cc1-c1cc(Br)c(=O)n(C)c1. The van der Waals surface area contributed by atoms with E-state index in [1.165, 1.54) is 48.9 Å². The van der Waals surface area contributed by atoms with Gasteiger partial charge in [-0.15, -0.1) is 0 Å². The molecule has 4 aromatic rings. The minimum atomic E-state index is -3.67. The van der Waals surface area contributed by atoms with Crippen LogP contribution in [0.4, 0.5) is 10.1 Å². The number of carbonyl (C=O) groups is 1. The maximum Gasteiger partial charge on any atom is 0.264 e. The molecule has 4 rings (SSSR count). The largest absolute Gasteiger partial charge is 0.455 e. The van der Waals surface area contributed by atoms with Crippen molar-refractivity contribution in [3.05, 3.63) is 74.9 Å². The number of sulfonamides is 1. The van der Waals surface area contributed by atoms with E-state index in [0.29, 0.717) is 22.1 Å². The highest BCUT2D eigenvalue weighted by Gasteiger charge is 2.24. The molecule has 0 aliphatic rings. The second-order valence-electron chi connectivity index (χ2n) is 7.78. The summed E-state index contributed by atoms with van der Waals surface area (Å²) in [5, 5.41) is 3.01. The summed E-state index contributed by atoms with van der Waals surface area (Å²) in [6.07, 6.45) is 1.57. The van der Waals surface area contributed by atoms with Crippen LogP contribution in [0.25, 0.3) is 33.4 Å². The van der Waals surface area contributed by atoms with E-state index >= 15 is 0 Å². The highest BCUT2D eigenvalue weighted by Crippen LogP contribution is 2.40. The summed E-state index contributed by atoms with van der Waals surface area (Å²) >= 11 is 3.25. The van der Waals surface area contributed by atoms with E-state index in [2.05, 4.69) is 26.0 Å². The van der Waals surface area contributed by atoms with Crippen molar-refractivity contribution in [3.8, 4) is 22.5 Å². The Morgan fingerprint density at radius 3 is 2.43 bits per heavy atom. The predicted octanol–water partition coefficient (Wildman–Crippen LogP) is 4.49. The molecule has 0 atom stereocenters. The van der Waals surface area contributed by atoms with Crippen LogP contribution in [-0.4, -0.2) is 31.7 Å². The molecule has 0 saturated heterocycles. The molecule has 0 aliphatic carbocycles. The van der Waals surface area contributed by atoms with Crippen molar-refractivity contribution >= 4 is 48.5 Å². The van der Waals surface area contributed by atoms with Crippen LogP contribution in [0.15, 0.2) is 62.3 Å². The van der Waals surface area contributed by atoms with E-state index in [1.807, 2.05) is 0 Å². The van der Waals surface area contributed by atoms with Crippen LogP contribution < -0.4 is 15.6 Å². The van der Waals surface area contributed by atoms with Gasteiger partial charge < -0.3 is 14.3 Å². The molecule has 35 heavy (non-hydrogen) atoms. The minimum absolute atomic E-state index is 0.163. The second kappa shape index (κ2) is 9.31. The Morgan fingerprint density at radius 2 is 1.83 bits per heavy atom. The lowest BCUT2D eigenvalue weighted by atomic mass is 9.99. The van der Waals surface area contributed by atoms with Gasteiger partial charge in [-0.05, 0) is 59.3 Å². The van der Waals surface area contributed by atoms with E-state index in [0.717, 1.165) is 0 Å². The molecule has 0 bridgehead atoms. The summed E-state index contributed by atoms with van der Waals surface area (Å²) in [4.78, 5) is 25.1. The molecule has 2 aromatic heterocycles. The fraction of sp³-hybridized carbons (Fsp3) is 0.167. The zero-order chi connectivity index (χ0) is 25.5. The summed E-state index contributed by atoms with van der Waals surface area (Å²) in [6.45, 7) is 1.51. The number of fused-ring (bicyclic) bond motifs is 1. The Labute approximate surface area is 208 Å². The molecular formula is C24H21BrFN3O5S. The maximum absolute atomic E-state index is 13.5. The highest BCUT2D eigenvalue weighted by molar-refractivity contribution is 9.10. The van der Waals surface area contributed by atoms with Gasteiger partial charge >= 0.3 is 0 Å². The molecule has 11 heteroatoms. The average Bonchev–Trinajstić information content (AvgIpc) is 3.19. The lowest BCUT2D eigenvalue weighted by molar-refractivity contribution is 0.0964. The van der Waals surface area contributed by atoms with Gasteiger partial charge in [0.25, 0.3) is 11.5 Å². The normalized spacial score (nSPS) is 11.6. The van der Waals surface area contributed by atoms with Crippen LogP contribution in [0, 0.1) is 5.82 Å². The number of aromatic nitrogens is 1. The van der Waals surface area contributed by atoms with Gasteiger partial charge in [0.2, 0.25) is 10.0 Å². The number of hydrogen-bond acceptors (Lipinski definition) is 5. The van der Waals surface area contributed by atoms with Gasteiger partial charge in [-0.25, -0.2) is 12.8 Å². The van der Waals surface area contributed by atoms with Crippen LogP contribution in [0.5, 0.6) is 0 Å². The van der Waals surface area contributed by atoms with Gasteiger partial charge in [0, 0.05) is 48.4 Å². The van der Waals surface area contributed by atoms with E-state index in [9.17, 15) is 22.4 Å². The first-order chi connectivity index (χ1) is 16.5. The Bertz CT molecular complexity index is 1600. The van der Waals surface area contributed by atoms with Crippen molar-refractivity contribution in [1.29, 1.82) is 0 Å². The lowest BCUT2D eigenvalue weighted by Gasteiger charge is -2.14. The zero-order valence-electron chi connectivity index (χ0n) is 19.0. The summed E-state index contributed by atoms with van der Waals surface area (Å²) < 4.78 is 48.6. The third-order valence-electron chi connectivity index (χ3n) is 5.48. The van der Waals surface area contributed by atoms with Crippen molar-refractivity contribution in [2.45, 2.75) is 6.92 Å². The number of benzene rings is 2. The van der Waals surface area contributed by atoms with Gasteiger partial charge in [-0.2, -0.15) is 0 Å². The van der Waals surface area contributed by atoms with Gasteiger partial charge in [0.1, 0.15) is 17.2 Å². The smallest absolute Gasteiger partial charge is 0.264 e. The molecule has 0 unspecified atom stereocenters. The van der Waals surface area contributed by atoms with Gasteiger partial charge in [0.05, 0.1) is 21.5 Å². The van der Waals surface area contributed by atoms with Crippen molar-refractivity contribution in [3.63, 3.8) is 0 Å². The van der Waals surface area contributed by atoms with Gasteiger partial charge in [-0.3, -0.25) is 14.3 Å². The third kappa shape index (κ3) is 4.73. The molecule has 8 nitrogen and oxygen atoms in total. The number of aryl methyl sites for hydroxylation is 1. The Kier molecular flexibility index (Phi) is 6.56. The van der Waals surface area contributed by atoms with Crippen molar-refractivity contribution in [1.82, 2.24) is 9.88 Å². The predicted molar refractivity (Wildman–Crippen MR) is 136 cm³/mol. The van der Waals surface area contributed by atoms with Crippen LogP contribution in [-0.2, 0) is 17.1 Å². The van der Waals surface area contributed by atoms with Crippen molar-refractivity contribution in [2.24, 2.45) is 7.05 Å². The number of furan rings is 1. The number of hydrogen-bond donors (Lipinski definition) is 2. The van der Waals surface area contributed by atoms with Crippen LogP contribution in [0.2, 0.25) is 0 Å². The molecule has 0 fully saturated rings. The van der Waals surface area contributed by atoms with Crippen molar-refractivity contribution < 1.29 is 22.0 Å². The molecule has 0 radical (unpaired) electrons. The fourth-order valence-electron chi connectivity index (χ4n) is 3.68. The minimum Gasteiger partial charge on any atom is -0.455 e. The monoisotopic (exact) mass is 561 g/mol. The van der Waals surface area contributed by atoms with Crippen molar-refractivity contribution in [2.75, 3.05) is 17.5 Å². The topological polar surface area (TPSA) is 110 Å². The van der Waals surface area contributed by atoms with Crippen LogP contribution >= 0.6 is 15.9 Å². The summed E-state index contributed by atoms with van der Waals surface area (Å²) in [6, 6.07) is 10.2. The number of carbonyl (C=O) groups excluding carboxylic acids is 1. The Hall–Kier alpha value is -3.44. The second-order valence-corrected chi connectivity index (χ2v) is 10.6. The first kappa shape index (κ1) is 24.7. The first-order valence-corrected chi connectivity index (χ1v) is 12.9. The van der Waals surface area contributed by atoms with E-state index < -0.39 is 21.7 Å².